The van der Waals surface area contributed by atoms with Gasteiger partial charge in [0.05, 0.1) is 11.0 Å². The van der Waals surface area contributed by atoms with Crippen LogP contribution in [0.1, 0.15) is 0 Å². The van der Waals surface area contributed by atoms with Gasteiger partial charge in [-0.2, -0.15) is 0 Å². The number of rotatable bonds is 1. The number of aromatic amines is 2. The summed E-state index contributed by atoms with van der Waals surface area (Å²) in [4.78, 5) is 6.79. The van der Waals surface area contributed by atoms with Gasteiger partial charge in [-0.05, 0) is 59.8 Å². The fourth-order valence-corrected chi connectivity index (χ4v) is 2.66. The molecule has 0 aliphatic rings. The van der Waals surface area contributed by atoms with Gasteiger partial charge in [0.25, 0.3) is 9.67 Å². The number of fused-ring (bicyclic) bond motifs is 2. The van der Waals surface area contributed by atoms with E-state index in [1.165, 1.54) is 0 Å². The highest BCUT2D eigenvalue weighted by Gasteiger charge is 2.05. The van der Waals surface area contributed by atoms with Crippen LogP contribution in [0.15, 0.2) is 45.2 Å². The normalized spacial score (nSPS) is 11.4. The van der Waals surface area contributed by atoms with Crippen molar-refractivity contribution in [1.82, 2.24) is 9.97 Å². The molecule has 2 heterocycles. The first-order chi connectivity index (χ1) is 9.69. The maximum atomic E-state index is 5.36. The van der Waals surface area contributed by atoms with Crippen LogP contribution >= 0.6 is 24.4 Å². The Hall–Kier alpha value is -2.18. The molecule has 0 bridgehead atoms. The van der Waals surface area contributed by atoms with Crippen molar-refractivity contribution in [2.24, 2.45) is 0 Å². The van der Waals surface area contributed by atoms with Crippen molar-refractivity contribution in [3.8, 4) is 11.1 Å². The monoisotopic (exact) mass is 300 g/mol. The van der Waals surface area contributed by atoms with Gasteiger partial charge >= 0.3 is 0 Å². The molecule has 0 aliphatic heterocycles. The number of oxazole rings is 2. The zero-order valence-electron chi connectivity index (χ0n) is 10.1. The molecule has 2 aromatic carbocycles. The molecule has 2 N–H and O–H groups in total. The van der Waals surface area contributed by atoms with Gasteiger partial charge in [-0.25, -0.2) is 0 Å². The highest BCUT2D eigenvalue weighted by Crippen LogP contribution is 2.27. The molecular formula is C14H8N2O2S2. The number of H-pyrrole nitrogens is 2. The van der Waals surface area contributed by atoms with Crippen LogP contribution in [-0.4, -0.2) is 9.97 Å². The van der Waals surface area contributed by atoms with E-state index >= 15 is 0 Å². The van der Waals surface area contributed by atoms with Crippen molar-refractivity contribution in [1.29, 1.82) is 0 Å². The molecule has 0 radical (unpaired) electrons. The van der Waals surface area contributed by atoms with E-state index < -0.39 is 0 Å². The lowest BCUT2D eigenvalue weighted by Gasteiger charge is -2.01. The molecule has 0 spiro atoms. The van der Waals surface area contributed by atoms with Crippen LogP contribution in [-0.2, 0) is 0 Å². The van der Waals surface area contributed by atoms with Crippen molar-refractivity contribution < 1.29 is 8.83 Å². The summed E-state index contributed by atoms with van der Waals surface area (Å²) < 4.78 is 10.7. The molecule has 0 saturated heterocycles. The molecule has 4 aromatic rings. The van der Waals surface area contributed by atoms with Gasteiger partial charge in [0.1, 0.15) is 0 Å². The van der Waals surface area contributed by atoms with E-state index in [0.717, 1.165) is 33.3 Å². The lowest BCUT2D eigenvalue weighted by molar-refractivity contribution is 0.583. The maximum Gasteiger partial charge on any atom is 0.266 e. The van der Waals surface area contributed by atoms with Gasteiger partial charge in [-0.1, -0.05) is 12.1 Å². The van der Waals surface area contributed by atoms with E-state index in [0.29, 0.717) is 9.67 Å². The lowest BCUT2D eigenvalue weighted by atomic mass is 10.0. The van der Waals surface area contributed by atoms with Crippen LogP contribution in [0.3, 0.4) is 0 Å². The molecule has 0 aliphatic carbocycles. The molecule has 0 saturated carbocycles. The number of benzene rings is 2. The minimum atomic E-state index is 0.381. The zero-order valence-corrected chi connectivity index (χ0v) is 11.7. The van der Waals surface area contributed by atoms with Crippen LogP contribution in [0.25, 0.3) is 33.3 Å². The summed E-state index contributed by atoms with van der Waals surface area (Å²) in [5.41, 5.74) is 5.39. The Balaban J connectivity index is 1.94. The third kappa shape index (κ3) is 1.81. The Kier molecular flexibility index (Phi) is 2.42. The molecule has 0 unspecified atom stereocenters. The van der Waals surface area contributed by atoms with Crippen LogP contribution in [0.5, 0.6) is 0 Å². The van der Waals surface area contributed by atoms with Crippen LogP contribution in [0.4, 0.5) is 0 Å². The molecule has 6 heteroatoms. The Morgan fingerprint density at radius 3 is 1.60 bits per heavy atom. The van der Waals surface area contributed by atoms with Crippen LogP contribution < -0.4 is 0 Å². The van der Waals surface area contributed by atoms with Gasteiger partial charge in [0, 0.05) is 0 Å². The quantitative estimate of drug-likeness (QED) is 0.488. The van der Waals surface area contributed by atoms with Crippen LogP contribution in [0, 0.1) is 9.67 Å². The molecule has 0 fully saturated rings. The standard InChI is InChI=1S/C14H8N2O2S2/c19-13-15-9-5-7(1-3-11(9)17-13)8-2-4-12-10(6-8)16-14(20)18-12/h1-6H,(H,15,19)(H,16,20). The molecule has 98 valence electrons. The average molecular weight is 300 g/mol. The number of hydrogen-bond donors (Lipinski definition) is 2. The van der Waals surface area contributed by atoms with E-state index in [1.807, 2.05) is 36.4 Å². The summed E-state index contributed by atoms with van der Waals surface area (Å²) in [5.74, 6) is 0. The Labute approximate surface area is 123 Å². The topological polar surface area (TPSA) is 57.9 Å². The first kappa shape index (κ1) is 11.6. The highest BCUT2D eigenvalue weighted by atomic mass is 32.1. The molecular weight excluding hydrogens is 292 g/mol. The van der Waals surface area contributed by atoms with Gasteiger partial charge in [0.2, 0.25) is 0 Å². The summed E-state index contributed by atoms with van der Waals surface area (Å²) in [6, 6.07) is 11.8. The van der Waals surface area contributed by atoms with Gasteiger partial charge in [-0.15, -0.1) is 0 Å². The number of nitrogens with one attached hydrogen (secondary N) is 2. The maximum absolute atomic E-state index is 5.36. The molecule has 4 rings (SSSR count). The Morgan fingerprint density at radius 1 is 0.700 bits per heavy atom. The van der Waals surface area contributed by atoms with Gasteiger partial charge in [-0.3, -0.25) is 0 Å². The fourth-order valence-electron chi connectivity index (χ4n) is 2.26. The van der Waals surface area contributed by atoms with Crippen molar-refractivity contribution in [3.05, 3.63) is 46.1 Å². The van der Waals surface area contributed by atoms with Crippen molar-refractivity contribution in [2.45, 2.75) is 0 Å². The lowest BCUT2D eigenvalue weighted by Crippen LogP contribution is -1.78. The molecule has 4 nitrogen and oxygen atoms in total. The van der Waals surface area contributed by atoms with E-state index in [4.69, 9.17) is 33.3 Å². The summed E-state index contributed by atoms with van der Waals surface area (Å²) in [5, 5.41) is 0. The molecule has 0 amide bonds. The second-order valence-electron chi connectivity index (χ2n) is 4.45. The SMILES string of the molecule is S=c1[nH]c2cc(-c3ccc4oc(=S)[nH]c4c3)ccc2o1. The summed E-state index contributed by atoms with van der Waals surface area (Å²) in [6.45, 7) is 0. The first-order valence-corrected chi connectivity index (χ1v) is 6.77. The van der Waals surface area contributed by atoms with E-state index in [-0.39, 0.29) is 0 Å². The Morgan fingerprint density at radius 2 is 1.15 bits per heavy atom. The summed E-state index contributed by atoms with van der Waals surface area (Å²) in [6.07, 6.45) is 0. The van der Waals surface area contributed by atoms with E-state index in [1.54, 1.807) is 0 Å². The molecule has 0 atom stereocenters. The third-order valence-corrected chi connectivity index (χ3v) is 3.54. The Bertz CT molecular complexity index is 966. The smallest absolute Gasteiger partial charge is 0.266 e. The van der Waals surface area contributed by atoms with Crippen molar-refractivity contribution in [2.75, 3.05) is 0 Å². The minimum absolute atomic E-state index is 0.381. The van der Waals surface area contributed by atoms with E-state index in [2.05, 4.69) is 9.97 Å². The predicted octanol–water partition coefficient (Wildman–Crippen LogP) is 4.96. The predicted molar refractivity (Wildman–Crippen MR) is 81.8 cm³/mol. The largest absolute Gasteiger partial charge is 0.429 e. The fraction of sp³-hybridized carbons (Fsp3) is 0. The number of aromatic nitrogens is 2. The van der Waals surface area contributed by atoms with E-state index in [9.17, 15) is 0 Å². The minimum Gasteiger partial charge on any atom is -0.429 e. The summed E-state index contributed by atoms with van der Waals surface area (Å²) >= 11 is 9.98. The van der Waals surface area contributed by atoms with Crippen LogP contribution in [0.2, 0.25) is 0 Å². The second-order valence-corrected chi connectivity index (χ2v) is 5.19. The highest BCUT2D eigenvalue weighted by molar-refractivity contribution is 7.71. The zero-order chi connectivity index (χ0) is 13.7. The second kappa shape index (κ2) is 4.16. The van der Waals surface area contributed by atoms with Crippen molar-refractivity contribution >= 4 is 46.6 Å². The first-order valence-electron chi connectivity index (χ1n) is 5.95. The van der Waals surface area contributed by atoms with Gasteiger partial charge < -0.3 is 18.8 Å². The molecule has 2 aromatic heterocycles. The molecule has 20 heavy (non-hydrogen) atoms. The summed E-state index contributed by atoms with van der Waals surface area (Å²) in [7, 11) is 0. The van der Waals surface area contributed by atoms with Gasteiger partial charge in [0.15, 0.2) is 11.2 Å². The average Bonchev–Trinajstić information content (AvgIpc) is 2.97. The van der Waals surface area contributed by atoms with Crippen molar-refractivity contribution in [3.63, 3.8) is 0 Å². The third-order valence-electron chi connectivity index (χ3n) is 3.17. The number of hydrogen-bond acceptors (Lipinski definition) is 4.